The number of ether oxygens (including phenoxy) is 1. The lowest BCUT2D eigenvalue weighted by Crippen LogP contribution is -2.50. The first-order valence-electron chi connectivity index (χ1n) is 10.00. The molecule has 25 heavy (non-hydrogen) atoms. The maximum absolute atomic E-state index is 12.7. The fourth-order valence-corrected chi connectivity index (χ4v) is 4.32. The number of carbonyl (C=O) groups is 2. The molecule has 3 rings (SSSR count). The van der Waals surface area contributed by atoms with Crippen LogP contribution in [0.4, 0.5) is 0 Å². The second-order valence-electron chi connectivity index (χ2n) is 8.04. The molecule has 2 saturated heterocycles. The van der Waals surface area contributed by atoms with Gasteiger partial charge in [-0.2, -0.15) is 0 Å². The van der Waals surface area contributed by atoms with Crippen molar-refractivity contribution in [3.05, 3.63) is 0 Å². The van der Waals surface area contributed by atoms with Crippen LogP contribution in [0.15, 0.2) is 0 Å². The van der Waals surface area contributed by atoms with E-state index in [0.717, 1.165) is 38.1 Å². The number of amides is 2. The van der Waals surface area contributed by atoms with Crippen molar-refractivity contribution < 1.29 is 14.3 Å². The van der Waals surface area contributed by atoms with Gasteiger partial charge < -0.3 is 15.0 Å². The number of rotatable bonds is 4. The van der Waals surface area contributed by atoms with Crippen LogP contribution in [0.2, 0.25) is 0 Å². The molecule has 0 spiro atoms. The third kappa shape index (κ3) is 5.42. The van der Waals surface area contributed by atoms with Gasteiger partial charge in [0.25, 0.3) is 0 Å². The van der Waals surface area contributed by atoms with Crippen molar-refractivity contribution >= 4 is 11.8 Å². The van der Waals surface area contributed by atoms with E-state index in [9.17, 15) is 9.59 Å². The minimum absolute atomic E-state index is 0.0372. The van der Waals surface area contributed by atoms with Crippen LogP contribution in [0.25, 0.3) is 0 Å². The first-order valence-corrected chi connectivity index (χ1v) is 10.00. The van der Waals surface area contributed by atoms with Gasteiger partial charge >= 0.3 is 0 Å². The van der Waals surface area contributed by atoms with Crippen molar-refractivity contribution in [3.63, 3.8) is 0 Å². The summed E-state index contributed by atoms with van der Waals surface area (Å²) >= 11 is 0. The van der Waals surface area contributed by atoms with Crippen molar-refractivity contribution in [1.82, 2.24) is 15.1 Å². The maximum Gasteiger partial charge on any atom is 0.234 e. The van der Waals surface area contributed by atoms with Crippen molar-refractivity contribution in [1.29, 1.82) is 0 Å². The summed E-state index contributed by atoms with van der Waals surface area (Å²) in [6.45, 7) is 7.05. The van der Waals surface area contributed by atoms with Gasteiger partial charge in [0.1, 0.15) is 0 Å². The Kier molecular flexibility index (Phi) is 6.70. The Labute approximate surface area is 151 Å². The van der Waals surface area contributed by atoms with Crippen LogP contribution in [0.5, 0.6) is 0 Å². The molecule has 2 amide bonds. The fraction of sp³-hybridized carbons (Fsp3) is 0.895. The average Bonchev–Trinajstić information content (AvgIpc) is 2.64. The van der Waals surface area contributed by atoms with Gasteiger partial charge in [0, 0.05) is 25.7 Å². The van der Waals surface area contributed by atoms with Gasteiger partial charge in [-0.3, -0.25) is 14.5 Å². The molecule has 1 atom stereocenters. The maximum atomic E-state index is 12.7. The van der Waals surface area contributed by atoms with Crippen LogP contribution in [-0.2, 0) is 14.3 Å². The molecule has 2 heterocycles. The van der Waals surface area contributed by atoms with Crippen molar-refractivity contribution in [2.75, 3.05) is 45.9 Å². The van der Waals surface area contributed by atoms with Gasteiger partial charge in [-0.15, -0.1) is 0 Å². The molecule has 3 fully saturated rings. The summed E-state index contributed by atoms with van der Waals surface area (Å²) in [4.78, 5) is 29.1. The Morgan fingerprint density at radius 2 is 1.76 bits per heavy atom. The van der Waals surface area contributed by atoms with Gasteiger partial charge in [0.05, 0.1) is 25.7 Å². The van der Waals surface area contributed by atoms with Crippen LogP contribution < -0.4 is 5.32 Å². The molecule has 1 unspecified atom stereocenters. The summed E-state index contributed by atoms with van der Waals surface area (Å²) in [5.41, 5.74) is 0. The Bertz CT molecular complexity index is 457. The lowest BCUT2D eigenvalue weighted by molar-refractivity contribution is -0.142. The summed E-state index contributed by atoms with van der Waals surface area (Å²) in [7, 11) is 0. The SMILES string of the molecule is CC1CCC(NC(=O)CN2CCCC(C(=O)N3CCOCC3)C2)CC1. The van der Waals surface area contributed by atoms with Gasteiger partial charge in [-0.05, 0) is 51.0 Å². The van der Waals surface area contributed by atoms with E-state index < -0.39 is 0 Å². The van der Waals surface area contributed by atoms with Crippen LogP contribution in [0.3, 0.4) is 0 Å². The molecule has 142 valence electrons. The summed E-state index contributed by atoms with van der Waals surface area (Å²) in [5.74, 6) is 1.20. The molecule has 0 aromatic carbocycles. The highest BCUT2D eigenvalue weighted by molar-refractivity contribution is 5.80. The van der Waals surface area contributed by atoms with Crippen LogP contribution in [0, 0.1) is 11.8 Å². The molecule has 1 N–H and O–H groups in total. The average molecular weight is 351 g/mol. The summed E-state index contributed by atoms with van der Waals surface area (Å²) in [5, 5.41) is 3.20. The second-order valence-corrected chi connectivity index (χ2v) is 8.04. The topological polar surface area (TPSA) is 61.9 Å². The van der Waals surface area contributed by atoms with E-state index in [1.807, 2.05) is 4.90 Å². The van der Waals surface area contributed by atoms with Gasteiger partial charge in [0.15, 0.2) is 0 Å². The summed E-state index contributed by atoms with van der Waals surface area (Å²) in [6.07, 6.45) is 6.56. The molecule has 0 radical (unpaired) electrons. The first kappa shape index (κ1) is 18.6. The number of likely N-dealkylation sites (tertiary alicyclic amines) is 1. The minimum atomic E-state index is 0.0372. The Hall–Kier alpha value is -1.14. The van der Waals surface area contributed by atoms with Gasteiger partial charge in [0.2, 0.25) is 11.8 Å². The molecule has 1 saturated carbocycles. The molecule has 0 aromatic rings. The standard InChI is InChI=1S/C19H33N3O3/c1-15-4-6-17(7-5-15)20-18(23)14-21-8-2-3-16(13-21)19(24)22-9-11-25-12-10-22/h15-17H,2-14H2,1H3,(H,20,23). The van der Waals surface area contributed by atoms with E-state index >= 15 is 0 Å². The molecule has 1 aliphatic carbocycles. The number of nitrogens with zero attached hydrogens (tertiary/aromatic N) is 2. The third-order valence-electron chi connectivity index (χ3n) is 5.93. The predicted molar refractivity (Wildman–Crippen MR) is 96.1 cm³/mol. The zero-order valence-corrected chi connectivity index (χ0v) is 15.5. The van der Waals surface area contributed by atoms with E-state index in [-0.39, 0.29) is 17.7 Å². The van der Waals surface area contributed by atoms with Crippen LogP contribution in [-0.4, -0.2) is 73.6 Å². The Morgan fingerprint density at radius 3 is 2.48 bits per heavy atom. The predicted octanol–water partition coefficient (Wildman–Crippen LogP) is 1.25. The number of hydrogen-bond donors (Lipinski definition) is 1. The fourth-order valence-electron chi connectivity index (χ4n) is 4.32. The molecular formula is C19H33N3O3. The van der Waals surface area contributed by atoms with Crippen molar-refractivity contribution in [2.24, 2.45) is 11.8 Å². The number of nitrogens with one attached hydrogen (secondary N) is 1. The molecule has 3 aliphatic rings. The van der Waals surface area contributed by atoms with Crippen molar-refractivity contribution in [3.8, 4) is 0 Å². The largest absolute Gasteiger partial charge is 0.378 e. The zero-order chi connectivity index (χ0) is 17.6. The minimum Gasteiger partial charge on any atom is -0.378 e. The van der Waals surface area contributed by atoms with Crippen LogP contribution >= 0.6 is 0 Å². The highest BCUT2D eigenvalue weighted by atomic mass is 16.5. The molecule has 6 heteroatoms. The van der Waals surface area contributed by atoms with Crippen molar-refractivity contribution in [2.45, 2.75) is 51.5 Å². The number of carbonyl (C=O) groups excluding carboxylic acids is 2. The normalized spacial score (nSPS) is 31.6. The lowest BCUT2D eigenvalue weighted by Gasteiger charge is -2.36. The highest BCUT2D eigenvalue weighted by Crippen LogP contribution is 2.23. The van der Waals surface area contributed by atoms with E-state index in [1.54, 1.807) is 0 Å². The highest BCUT2D eigenvalue weighted by Gasteiger charge is 2.31. The quantitative estimate of drug-likeness (QED) is 0.828. The van der Waals surface area contributed by atoms with Crippen LogP contribution in [0.1, 0.15) is 45.4 Å². The summed E-state index contributed by atoms with van der Waals surface area (Å²) in [6, 6.07) is 0.347. The molecular weight excluding hydrogens is 318 g/mol. The Morgan fingerprint density at radius 1 is 1.04 bits per heavy atom. The Balaban J connectivity index is 1.43. The first-order chi connectivity index (χ1) is 12.1. The van der Waals surface area contributed by atoms with Gasteiger partial charge in [-0.25, -0.2) is 0 Å². The number of hydrogen-bond acceptors (Lipinski definition) is 4. The van der Waals surface area contributed by atoms with E-state index in [2.05, 4.69) is 17.1 Å². The molecule has 6 nitrogen and oxygen atoms in total. The monoisotopic (exact) mass is 351 g/mol. The summed E-state index contributed by atoms with van der Waals surface area (Å²) < 4.78 is 5.33. The number of morpholine rings is 1. The second kappa shape index (κ2) is 8.99. The van der Waals surface area contributed by atoms with E-state index in [0.29, 0.717) is 45.4 Å². The smallest absolute Gasteiger partial charge is 0.234 e. The molecule has 0 bridgehead atoms. The van der Waals surface area contributed by atoms with Gasteiger partial charge in [-0.1, -0.05) is 6.92 Å². The third-order valence-corrected chi connectivity index (χ3v) is 5.93. The lowest BCUT2D eigenvalue weighted by atomic mass is 9.87. The molecule has 0 aromatic heterocycles. The van der Waals surface area contributed by atoms with E-state index in [4.69, 9.17) is 4.74 Å². The number of piperidine rings is 1. The molecule has 2 aliphatic heterocycles. The zero-order valence-electron chi connectivity index (χ0n) is 15.5. The van der Waals surface area contributed by atoms with E-state index in [1.165, 1.54) is 12.8 Å².